The molecule has 0 saturated heterocycles. The van der Waals surface area contributed by atoms with Gasteiger partial charge in [0, 0.05) is 18.1 Å². The third-order valence-corrected chi connectivity index (χ3v) is 5.12. The van der Waals surface area contributed by atoms with Crippen LogP contribution in [0.15, 0.2) is 64.0 Å². The summed E-state index contributed by atoms with van der Waals surface area (Å²) in [7, 11) is -1.85. The van der Waals surface area contributed by atoms with Crippen molar-refractivity contribution in [1.29, 1.82) is 0 Å². The Morgan fingerprint density at radius 3 is 2.16 bits per heavy atom. The zero-order valence-corrected chi connectivity index (χ0v) is 12.9. The van der Waals surface area contributed by atoms with Gasteiger partial charge in [0.25, 0.3) is 0 Å². The first-order valence-corrected chi connectivity index (χ1v) is 7.99. The van der Waals surface area contributed by atoms with Crippen LogP contribution in [0, 0.1) is 0 Å². The average molecular weight is 340 g/mol. The van der Waals surface area contributed by atoms with Gasteiger partial charge in [-0.25, -0.2) is 8.42 Å². The molecule has 2 aromatic rings. The van der Waals surface area contributed by atoms with Gasteiger partial charge in [-0.1, -0.05) is 46.3 Å². The molecule has 0 amide bonds. The topological polar surface area (TPSA) is 37.4 Å². The fourth-order valence-corrected chi connectivity index (χ4v) is 3.14. The first-order valence-electron chi connectivity index (χ1n) is 5.76. The van der Waals surface area contributed by atoms with E-state index in [9.17, 15) is 8.42 Å². The van der Waals surface area contributed by atoms with E-state index in [4.69, 9.17) is 0 Å². The molecule has 0 atom stereocenters. The highest BCUT2D eigenvalue weighted by molar-refractivity contribution is 9.10. The van der Waals surface area contributed by atoms with Crippen molar-refractivity contribution in [3.63, 3.8) is 0 Å². The van der Waals surface area contributed by atoms with Crippen LogP contribution in [0.1, 0.15) is 5.56 Å². The Balaban J connectivity index is 2.22. The molecule has 3 nitrogen and oxygen atoms in total. The van der Waals surface area contributed by atoms with Crippen LogP contribution in [0.5, 0.6) is 0 Å². The predicted molar refractivity (Wildman–Crippen MR) is 79.2 cm³/mol. The molecule has 0 aliphatic heterocycles. The summed E-state index contributed by atoms with van der Waals surface area (Å²) in [5.41, 5.74) is 0.964. The van der Waals surface area contributed by atoms with E-state index in [-0.39, 0.29) is 0 Å². The Kier molecular flexibility index (Phi) is 4.39. The van der Waals surface area contributed by atoms with Crippen LogP contribution >= 0.6 is 15.9 Å². The number of halogens is 1. The SMILES string of the molecule is CN(Cc1ccccc1)S(=O)(=O)c1ccc(Br)cc1. The van der Waals surface area contributed by atoms with E-state index in [1.165, 1.54) is 4.31 Å². The van der Waals surface area contributed by atoms with Gasteiger partial charge in [0.15, 0.2) is 0 Å². The van der Waals surface area contributed by atoms with E-state index >= 15 is 0 Å². The minimum Gasteiger partial charge on any atom is -0.207 e. The zero-order valence-electron chi connectivity index (χ0n) is 10.5. The molecule has 19 heavy (non-hydrogen) atoms. The van der Waals surface area contributed by atoms with E-state index in [1.54, 1.807) is 31.3 Å². The van der Waals surface area contributed by atoms with E-state index in [2.05, 4.69) is 15.9 Å². The third-order valence-electron chi connectivity index (χ3n) is 2.77. The number of rotatable bonds is 4. The first kappa shape index (κ1) is 14.2. The molecule has 0 unspecified atom stereocenters. The zero-order chi connectivity index (χ0) is 13.9. The molecule has 5 heteroatoms. The van der Waals surface area contributed by atoms with Gasteiger partial charge in [-0.3, -0.25) is 0 Å². The smallest absolute Gasteiger partial charge is 0.207 e. The molecule has 0 spiro atoms. The average Bonchev–Trinajstić information content (AvgIpc) is 2.40. The van der Waals surface area contributed by atoms with E-state index in [0.717, 1.165) is 10.0 Å². The van der Waals surface area contributed by atoms with Crippen LogP contribution in [-0.2, 0) is 16.6 Å². The van der Waals surface area contributed by atoms with E-state index in [0.29, 0.717) is 11.4 Å². The minimum absolute atomic E-state index is 0.300. The number of hydrogen-bond acceptors (Lipinski definition) is 2. The van der Waals surface area contributed by atoms with Gasteiger partial charge in [0.1, 0.15) is 0 Å². The molecule has 0 aliphatic rings. The molecule has 0 heterocycles. The summed E-state index contributed by atoms with van der Waals surface area (Å²) < 4.78 is 26.9. The lowest BCUT2D eigenvalue weighted by atomic mass is 10.2. The highest BCUT2D eigenvalue weighted by atomic mass is 79.9. The van der Waals surface area contributed by atoms with Crippen molar-refractivity contribution in [3.05, 3.63) is 64.6 Å². The molecule has 0 N–H and O–H groups in total. The van der Waals surface area contributed by atoms with Gasteiger partial charge in [-0.05, 0) is 29.8 Å². The summed E-state index contributed by atoms with van der Waals surface area (Å²) in [6.45, 7) is 0.360. The maximum Gasteiger partial charge on any atom is 0.243 e. The Labute approximate surface area is 122 Å². The van der Waals surface area contributed by atoms with Crippen LogP contribution < -0.4 is 0 Å². The maximum atomic E-state index is 12.4. The Hall–Kier alpha value is -1.17. The van der Waals surface area contributed by atoms with Gasteiger partial charge in [-0.2, -0.15) is 4.31 Å². The maximum absolute atomic E-state index is 12.4. The summed E-state index contributed by atoms with van der Waals surface area (Å²) in [5, 5.41) is 0. The second kappa shape index (κ2) is 5.86. The Bertz CT molecular complexity index is 639. The van der Waals surface area contributed by atoms with Crippen molar-refractivity contribution in [2.75, 3.05) is 7.05 Å². The highest BCUT2D eigenvalue weighted by Gasteiger charge is 2.20. The first-order chi connectivity index (χ1) is 9.00. The van der Waals surface area contributed by atoms with Crippen molar-refractivity contribution in [2.45, 2.75) is 11.4 Å². The number of nitrogens with zero attached hydrogens (tertiary/aromatic N) is 1. The monoisotopic (exact) mass is 339 g/mol. The number of sulfonamides is 1. The summed E-state index contributed by atoms with van der Waals surface area (Å²) in [4.78, 5) is 0.300. The summed E-state index contributed by atoms with van der Waals surface area (Å²) in [6.07, 6.45) is 0. The van der Waals surface area contributed by atoms with Gasteiger partial charge in [-0.15, -0.1) is 0 Å². The molecule has 0 aliphatic carbocycles. The molecule has 100 valence electrons. The lowest BCUT2D eigenvalue weighted by Gasteiger charge is -2.17. The molecule has 2 rings (SSSR count). The quantitative estimate of drug-likeness (QED) is 0.857. The molecule has 0 fully saturated rings. The second-order valence-corrected chi connectivity index (χ2v) is 7.16. The summed E-state index contributed by atoms with van der Waals surface area (Å²) in [6, 6.07) is 16.2. The standard InChI is InChI=1S/C14H14BrNO2S/c1-16(11-12-5-3-2-4-6-12)19(17,18)14-9-7-13(15)8-10-14/h2-10H,11H2,1H3. The number of benzene rings is 2. The van der Waals surface area contributed by atoms with Crippen LogP contribution in [0.3, 0.4) is 0 Å². The Morgan fingerprint density at radius 1 is 1.00 bits per heavy atom. The molecule has 2 aromatic carbocycles. The van der Waals surface area contributed by atoms with Crippen molar-refractivity contribution in [3.8, 4) is 0 Å². The van der Waals surface area contributed by atoms with Crippen molar-refractivity contribution >= 4 is 26.0 Å². The van der Waals surface area contributed by atoms with Crippen LogP contribution in [0.25, 0.3) is 0 Å². The molecule has 0 bridgehead atoms. The van der Waals surface area contributed by atoms with Crippen LogP contribution in [0.2, 0.25) is 0 Å². The summed E-state index contributed by atoms with van der Waals surface area (Å²) in [5.74, 6) is 0. The molecule has 0 saturated carbocycles. The lowest BCUT2D eigenvalue weighted by molar-refractivity contribution is 0.466. The van der Waals surface area contributed by atoms with Gasteiger partial charge in [0.2, 0.25) is 10.0 Å². The third kappa shape index (κ3) is 3.43. The van der Waals surface area contributed by atoms with E-state index < -0.39 is 10.0 Å². The van der Waals surface area contributed by atoms with Crippen LogP contribution in [0.4, 0.5) is 0 Å². The normalized spacial score (nSPS) is 11.7. The fourth-order valence-electron chi connectivity index (χ4n) is 1.71. The van der Waals surface area contributed by atoms with Crippen LogP contribution in [-0.4, -0.2) is 19.8 Å². The molecular formula is C14H14BrNO2S. The van der Waals surface area contributed by atoms with E-state index in [1.807, 2.05) is 30.3 Å². The predicted octanol–water partition coefficient (Wildman–Crippen LogP) is 3.27. The largest absolute Gasteiger partial charge is 0.243 e. The number of hydrogen-bond donors (Lipinski definition) is 0. The summed E-state index contributed by atoms with van der Waals surface area (Å²) >= 11 is 3.29. The lowest BCUT2D eigenvalue weighted by Crippen LogP contribution is -2.26. The molecule has 0 aromatic heterocycles. The van der Waals surface area contributed by atoms with Crippen molar-refractivity contribution in [1.82, 2.24) is 4.31 Å². The second-order valence-electron chi connectivity index (χ2n) is 4.20. The Morgan fingerprint density at radius 2 is 1.58 bits per heavy atom. The van der Waals surface area contributed by atoms with Crippen molar-refractivity contribution < 1.29 is 8.42 Å². The molecule has 0 radical (unpaired) electrons. The fraction of sp³-hybridized carbons (Fsp3) is 0.143. The van der Waals surface area contributed by atoms with Gasteiger partial charge in [0.05, 0.1) is 4.90 Å². The van der Waals surface area contributed by atoms with Gasteiger partial charge >= 0.3 is 0 Å². The van der Waals surface area contributed by atoms with Crippen molar-refractivity contribution in [2.24, 2.45) is 0 Å². The highest BCUT2D eigenvalue weighted by Crippen LogP contribution is 2.19. The van der Waals surface area contributed by atoms with Gasteiger partial charge < -0.3 is 0 Å². The molecular weight excluding hydrogens is 326 g/mol. The minimum atomic E-state index is -3.44.